The van der Waals surface area contributed by atoms with Crippen molar-refractivity contribution >= 4 is 23.3 Å². The summed E-state index contributed by atoms with van der Waals surface area (Å²) in [7, 11) is 0. The summed E-state index contributed by atoms with van der Waals surface area (Å²) in [5.74, 6) is 1.22. The normalized spacial score (nSPS) is 10.4. The zero-order chi connectivity index (χ0) is 8.65. The van der Waals surface area contributed by atoms with Crippen molar-refractivity contribution < 1.29 is 0 Å². The quantitative estimate of drug-likeness (QED) is 0.709. The number of nitrogens with zero attached hydrogens (tertiary/aromatic N) is 2. The predicted molar refractivity (Wildman–Crippen MR) is 54.6 cm³/mol. The highest BCUT2D eigenvalue weighted by atomic mass is 32.2. The molecule has 0 saturated heterocycles. The van der Waals surface area contributed by atoms with Gasteiger partial charge in [0, 0.05) is 11.9 Å². The molecule has 0 aliphatic rings. The molecule has 0 atom stereocenters. The van der Waals surface area contributed by atoms with Gasteiger partial charge in [-0.2, -0.15) is 11.8 Å². The lowest BCUT2D eigenvalue weighted by molar-refractivity contribution is 0.666. The van der Waals surface area contributed by atoms with Gasteiger partial charge >= 0.3 is 0 Å². The first-order valence-corrected chi connectivity index (χ1v) is 6.12. The second kappa shape index (κ2) is 6.39. The molecule has 0 aromatic carbocycles. The molecular formula is C7H13N3S2. The fourth-order valence-corrected chi connectivity index (χ4v) is 1.70. The van der Waals surface area contributed by atoms with Crippen molar-refractivity contribution in [3.63, 3.8) is 0 Å². The van der Waals surface area contributed by atoms with Gasteiger partial charge in [0.25, 0.3) is 0 Å². The van der Waals surface area contributed by atoms with Crippen LogP contribution in [0.25, 0.3) is 0 Å². The monoisotopic (exact) mass is 203 g/mol. The summed E-state index contributed by atoms with van der Waals surface area (Å²) in [6.07, 6.45) is 3.35. The smallest absolute Gasteiger partial charge is 0.0893 e. The Bertz CT molecular complexity index is 189. The highest BCUT2D eigenvalue weighted by Gasteiger charge is 1.93. The van der Waals surface area contributed by atoms with E-state index in [1.165, 1.54) is 23.7 Å². The Morgan fingerprint density at radius 3 is 3.25 bits per heavy atom. The molecule has 0 aliphatic carbocycles. The van der Waals surface area contributed by atoms with E-state index in [9.17, 15) is 0 Å². The highest BCUT2D eigenvalue weighted by molar-refractivity contribution is 7.98. The Labute approximate surface area is 81.1 Å². The Hall–Kier alpha value is -0.130. The summed E-state index contributed by atoms with van der Waals surface area (Å²) in [4.78, 5) is 0. The minimum absolute atomic E-state index is 0.852. The summed E-state index contributed by atoms with van der Waals surface area (Å²) < 4.78 is 3.78. The first-order chi connectivity index (χ1) is 5.93. The number of hydrogen-bond acceptors (Lipinski definition) is 5. The largest absolute Gasteiger partial charge is 0.311 e. The summed E-state index contributed by atoms with van der Waals surface area (Å²) in [5.41, 5.74) is 1.05. The molecule has 12 heavy (non-hydrogen) atoms. The van der Waals surface area contributed by atoms with Crippen molar-refractivity contribution in [1.82, 2.24) is 14.9 Å². The third-order valence-corrected chi connectivity index (χ3v) is 2.66. The van der Waals surface area contributed by atoms with Crippen LogP contribution < -0.4 is 5.32 Å². The van der Waals surface area contributed by atoms with Crippen LogP contribution in [0.5, 0.6) is 0 Å². The Balaban J connectivity index is 1.96. The predicted octanol–water partition coefficient (Wildman–Crippen LogP) is 1.38. The first-order valence-electron chi connectivity index (χ1n) is 3.89. The van der Waals surface area contributed by atoms with Crippen molar-refractivity contribution in [1.29, 1.82) is 0 Å². The van der Waals surface area contributed by atoms with Crippen molar-refractivity contribution in [3.05, 3.63) is 11.1 Å². The second-order valence-electron chi connectivity index (χ2n) is 2.42. The van der Waals surface area contributed by atoms with Crippen LogP contribution in [0.1, 0.15) is 12.1 Å². The molecule has 3 nitrogen and oxygen atoms in total. The van der Waals surface area contributed by atoms with E-state index in [1.54, 1.807) is 0 Å². The summed E-state index contributed by atoms with van der Waals surface area (Å²) in [6.45, 7) is 1.92. The number of aromatic nitrogens is 2. The molecular weight excluding hydrogens is 190 g/mol. The number of rotatable bonds is 6. The van der Waals surface area contributed by atoms with Gasteiger partial charge in [0.05, 0.1) is 5.69 Å². The second-order valence-corrected chi connectivity index (χ2v) is 4.01. The molecule has 0 bridgehead atoms. The maximum Gasteiger partial charge on any atom is 0.0893 e. The van der Waals surface area contributed by atoms with Crippen LogP contribution in [-0.2, 0) is 6.54 Å². The molecule has 0 spiro atoms. The van der Waals surface area contributed by atoms with Gasteiger partial charge < -0.3 is 5.32 Å². The van der Waals surface area contributed by atoms with E-state index in [-0.39, 0.29) is 0 Å². The fraction of sp³-hybridized carbons (Fsp3) is 0.714. The minimum atomic E-state index is 0.852. The van der Waals surface area contributed by atoms with E-state index in [4.69, 9.17) is 0 Å². The van der Waals surface area contributed by atoms with Gasteiger partial charge in [-0.25, -0.2) is 0 Å². The average Bonchev–Trinajstić information content (AvgIpc) is 2.57. The minimum Gasteiger partial charge on any atom is -0.311 e. The summed E-state index contributed by atoms with van der Waals surface area (Å²) in [6, 6.07) is 0. The van der Waals surface area contributed by atoms with Crippen molar-refractivity contribution in [2.75, 3.05) is 18.6 Å². The van der Waals surface area contributed by atoms with Crippen LogP contribution in [0.2, 0.25) is 0 Å². The zero-order valence-electron chi connectivity index (χ0n) is 7.12. The highest BCUT2D eigenvalue weighted by Crippen LogP contribution is 1.97. The molecule has 0 aliphatic heterocycles. The molecule has 1 rings (SSSR count). The van der Waals surface area contributed by atoms with Gasteiger partial charge in [-0.1, -0.05) is 4.49 Å². The maximum absolute atomic E-state index is 3.93. The van der Waals surface area contributed by atoms with Crippen molar-refractivity contribution in [2.24, 2.45) is 0 Å². The Kier molecular flexibility index (Phi) is 5.30. The fourth-order valence-electron chi connectivity index (χ4n) is 0.819. The van der Waals surface area contributed by atoms with Crippen LogP contribution in [0.3, 0.4) is 0 Å². The van der Waals surface area contributed by atoms with Gasteiger partial charge in [0.1, 0.15) is 0 Å². The lowest BCUT2D eigenvalue weighted by Gasteiger charge is -1.99. The molecule has 1 N–H and O–H groups in total. The van der Waals surface area contributed by atoms with Gasteiger partial charge in [-0.15, -0.1) is 5.10 Å². The van der Waals surface area contributed by atoms with Crippen LogP contribution in [0, 0.1) is 0 Å². The van der Waals surface area contributed by atoms with E-state index in [1.807, 2.05) is 17.1 Å². The molecule has 68 valence electrons. The standard InChI is InChI=1S/C7H13N3S2/c1-11-4-2-3-8-5-7-6-12-10-9-7/h6,8H,2-5H2,1H3. The molecule has 0 radical (unpaired) electrons. The van der Waals surface area contributed by atoms with E-state index >= 15 is 0 Å². The third-order valence-electron chi connectivity index (χ3n) is 1.41. The molecule has 1 aromatic heterocycles. The molecule has 1 heterocycles. The van der Waals surface area contributed by atoms with Gasteiger partial charge in [-0.3, -0.25) is 0 Å². The van der Waals surface area contributed by atoms with Crippen molar-refractivity contribution in [2.45, 2.75) is 13.0 Å². The number of hydrogen-bond donors (Lipinski definition) is 1. The van der Waals surface area contributed by atoms with Gasteiger partial charge in [0.15, 0.2) is 0 Å². The topological polar surface area (TPSA) is 37.8 Å². The number of nitrogens with one attached hydrogen (secondary N) is 1. The summed E-state index contributed by atoms with van der Waals surface area (Å²) in [5, 5.41) is 9.22. The van der Waals surface area contributed by atoms with Crippen LogP contribution >= 0.6 is 23.3 Å². The molecule has 5 heteroatoms. The van der Waals surface area contributed by atoms with E-state index in [0.717, 1.165) is 18.8 Å². The Morgan fingerprint density at radius 2 is 2.58 bits per heavy atom. The third kappa shape index (κ3) is 4.04. The SMILES string of the molecule is CSCCCNCc1csnn1. The van der Waals surface area contributed by atoms with Crippen LogP contribution in [0.4, 0.5) is 0 Å². The van der Waals surface area contributed by atoms with Gasteiger partial charge in [0.2, 0.25) is 0 Å². The molecule has 0 saturated carbocycles. The molecule has 0 fully saturated rings. The molecule has 0 unspecified atom stereocenters. The van der Waals surface area contributed by atoms with E-state index in [0.29, 0.717) is 0 Å². The summed E-state index contributed by atoms with van der Waals surface area (Å²) >= 11 is 3.29. The molecule has 1 aromatic rings. The van der Waals surface area contributed by atoms with Gasteiger partial charge in [-0.05, 0) is 36.5 Å². The maximum atomic E-state index is 3.93. The lowest BCUT2D eigenvalue weighted by atomic mass is 10.4. The van der Waals surface area contributed by atoms with E-state index < -0.39 is 0 Å². The number of thioether (sulfide) groups is 1. The first kappa shape index (κ1) is 9.95. The van der Waals surface area contributed by atoms with E-state index in [2.05, 4.69) is 21.2 Å². The molecule has 0 amide bonds. The Morgan fingerprint density at radius 1 is 1.67 bits per heavy atom. The van der Waals surface area contributed by atoms with Crippen LogP contribution in [-0.4, -0.2) is 28.1 Å². The zero-order valence-corrected chi connectivity index (χ0v) is 8.75. The lowest BCUT2D eigenvalue weighted by Crippen LogP contribution is -2.15. The van der Waals surface area contributed by atoms with Crippen LogP contribution in [0.15, 0.2) is 5.38 Å². The van der Waals surface area contributed by atoms with Crippen molar-refractivity contribution in [3.8, 4) is 0 Å². The average molecular weight is 203 g/mol.